The second-order valence-electron chi connectivity index (χ2n) is 2.37. The van der Waals surface area contributed by atoms with Crippen molar-refractivity contribution in [3.05, 3.63) is 47.9 Å². The van der Waals surface area contributed by atoms with Gasteiger partial charge in [-0.1, -0.05) is 42.7 Å². The van der Waals surface area contributed by atoms with E-state index in [1.165, 1.54) is 0 Å². The Morgan fingerprint density at radius 1 is 1.20 bits per heavy atom. The SMILES string of the molecule is C=C/C=C/C=C/C(=C/C#CC#CC)SC. The summed E-state index contributed by atoms with van der Waals surface area (Å²) in [5, 5.41) is 0. The Morgan fingerprint density at radius 2 is 2.00 bits per heavy atom. The Balaban J connectivity index is 4.42. The maximum absolute atomic E-state index is 3.59. The molecule has 0 heterocycles. The lowest BCUT2D eigenvalue weighted by molar-refractivity contribution is 1.85. The van der Waals surface area contributed by atoms with Crippen molar-refractivity contribution >= 4 is 11.8 Å². The number of hydrogen-bond donors (Lipinski definition) is 0. The van der Waals surface area contributed by atoms with Gasteiger partial charge in [0.05, 0.1) is 0 Å². The monoisotopic (exact) mass is 214 g/mol. The maximum atomic E-state index is 3.59. The van der Waals surface area contributed by atoms with Crippen LogP contribution in [0.5, 0.6) is 0 Å². The quantitative estimate of drug-likeness (QED) is 0.509. The molecule has 0 N–H and O–H groups in total. The molecule has 0 fully saturated rings. The topological polar surface area (TPSA) is 0 Å². The summed E-state index contributed by atoms with van der Waals surface area (Å²) < 4.78 is 0. The Morgan fingerprint density at radius 3 is 2.60 bits per heavy atom. The third kappa shape index (κ3) is 8.75. The van der Waals surface area contributed by atoms with Gasteiger partial charge in [-0.3, -0.25) is 0 Å². The smallest absolute Gasteiger partial charge is 0.0153 e. The highest BCUT2D eigenvalue weighted by atomic mass is 32.2. The summed E-state index contributed by atoms with van der Waals surface area (Å²) in [6.45, 7) is 5.36. The first-order valence-electron chi connectivity index (χ1n) is 4.47. The summed E-state index contributed by atoms with van der Waals surface area (Å²) in [5.74, 6) is 11.0. The lowest BCUT2D eigenvalue weighted by Crippen LogP contribution is -1.66. The highest BCUT2D eigenvalue weighted by Crippen LogP contribution is 2.11. The molecule has 0 aliphatic heterocycles. The van der Waals surface area contributed by atoms with Gasteiger partial charge in [0, 0.05) is 11.0 Å². The highest BCUT2D eigenvalue weighted by molar-refractivity contribution is 8.02. The van der Waals surface area contributed by atoms with Crippen molar-refractivity contribution in [2.24, 2.45) is 0 Å². The zero-order valence-corrected chi connectivity index (χ0v) is 9.90. The molecule has 1 heteroatoms. The van der Waals surface area contributed by atoms with Crippen molar-refractivity contribution in [3.8, 4) is 23.7 Å². The molecule has 0 aliphatic carbocycles. The fourth-order valence-corrected chi connectivity index (χ4v) is 1.07. The van der Waals surface area contributed by atoms with Crippen LogP contribution in [0.15, 0.2) is 47.9 Å². The van der Waals surface area contributed by atoms with E-state index >= 15 is 0 Å². The molecule has 0 saturated heterocycles. The zero-order chi connectivity index (χ0) is 11.4. The van der Waals surface area contributed by atoms with Crippen molar-refractivity contribution in [2.45, 2.75) is 6.92 Å². The second kappa shape index (κ2) is 10.5. The molecule has 0 nitrogen and oxygen atoms in total. The third-order valence-electron chi connectivity index (χ3n) is 1.33. The minimum atomic E-state index is 1.11. The first kappa shape index (κ1) is 13.4. The first-order valence-corrected chi connectivity index (χ1v) is 5.69. The molecule has 76 valence electrons. The van der Waals surface area contributed by atoms with Crippen LogP contribution in [0.2, 0.25) is 0 Å². The second-order valence-corrected chi connectivity index (χ2v) is 3.25. The summed E-state index contributed by atoms with van der Waals surface area (Å²) in [4.78, 5) is 1.11. The average Bonchev–Trinajstić information content (AvgIpc) is 2.27. The van der Waals surface area contributed by atoms with Crippen molar-refractivity contribution in [1.29, 1.82) is 0 Å². The zero-order valence-electron chi connectivity index (χ0n) is 9.08. The standard InChI is InChI=1S/C14H14S/c1-4-6-8-10-12-14(15-3)13-11-9-7-5-2/h4,6,8,10,12-13H,1H2,2-3H3/b8-6+,12-10+,14-13-. The van der Waals surface area contributed by atoms with Gasteiger partial charge in [0.25, 0.3) is 0 Å². The summed E-state index contributed by atoms with van der Waals surface area (Å²) in [5.41, 5.74) is 0. The lowest BCUT2D eigenvalue weighted by atomic mass is 10.4. The summed E-state index contributed by atoms with van der Waals surface area (Å²) in [6, 6.07) is 0. The molecule has 0 spiro atoms. The van der Waals surface area contributed by atoms with E-state index in [1.54, 1.807) is 24.8 Å². The van der Waals surface area contributed by atoms with Gasteiger partial charge in [-0.2, -0.15) is 0 Å². The van der Waals surface area contributed by atoms with Gasteiger partial charge in [0.15, 0.2) is 0 Å². The molecule has 0 rings (SSSR count). The molecule has 0 saturated carbocycles. The molecule has 15 heavy (non-hydrogen) atoms. The van der Waals surface area contributed by atoms with Crippen LogP contribution < -0.4 is 0 Å². The summed E-state index contributed by atoms with van der Waals surface area (Å²) >= 11 is 1.65. The van der Waals surface area contributed by atoms with Gasteiger partial charge in [-0.05, 0) is 31.1 Å². The molecule has 0 aromatic heterocycles. The normalized spacial score (nSPS) is 10.7. The fraction of sp³-hybridized carbons (Fsp3) is 0.143. The van der Waals surface area contributed by atoms with Crippen LogP contribution in [0, 0.1) is 23.7 Å². The van der Waals surface area contributed by atoms with E-state index in [9.17, 15) is 0 Å². The van der Waals surface area contributed by atoms with Crippen LogP contribution >= 0.6 is 11.8 Å². The van der Waals surface area contributed by atoms with Crippen LogP contribution in [0.1, 0.15) is 6.92 Å². The first-order chi connectivity index (χ1) is 7.35. The summed E-state index contributed by atoms with van der Waals surface area (Å²) in [6.07, 6.45) is 13.4. The Labute approximate surface area is 96.8 Å². The van der Waals surface area contributed by atoms with Crippen LogP contribution in [-0.4, -0.2) is 6.26 Å². The van der Waals surface area contributed by atoms with Gasteiger partial charge < -0.3 is 0 Å². The molecule has 0 aromatic carbocycles. The van der Waals surface area contributed by atoms with Crippen molar-refractivity contribution in [1.82, 2.24) is 0 Å². The number of rotatable bonds is 4. The predicted octanol–water partition coefficient (Wildman–Crippen LogP) is 3.56. The van der Waals surface area contributed by atoms with Crippen LogP contribution in [0.25, 0.3) is 0 Å². The molecule has 0 unspecified atom stereocenters. The number of thioether (sulfide) groups is 1. The number of allylic oxidation sites excluding steroid dienone is 6. The molecule has 0 aromatic rings. The molecule has 0 aliphatic rings. The fourth-order valence-electron chi connectivity index (χ4n) is 0.674. The molecular formula is C14H14S. The lowest BCUT2D eigenvalue weighted by Gasteiger charge is -1.90. The minimum absolute atomic E-state index is 1.11. The predicted molar refractivity (Wildman–Crippen MR) is 71.3 cm³/mol. The third-order valence-corrected chi connectivity index (χ3v) is 2.05. The maximum Gasteiger partial charge on any atom is 0.0153 e. The van der Waals surface area contributed by atoms with E-state index in [-0.39, 0.29) is 0 Å². The number of hydrogen-bond acceptors (Lipinski definition) is 1. The van der Waals surface area contributed by atoms with Gasteiger partial charge in [-0.25, -0.2) is 0 Å². The van der Waals surface area contributed by atoms with Gasteiger partial charge in [-0.15, -0.1) is 11.8 Å². The highest BCUT2D eigenvalue weighted by Gasteiger charge is 1.83. The average molecular weight is 214 g/mol. The molecule has 0 amide bonds. The molecular weight excluding hydrogens is 200 g/mol. The van der Waals surface area contributed by atoms with Crippen LogP contribution in [0.4, 0.5) is 0 Å². The van der Waals surface area contributed by atoms with Gasteiger partial charge in [0.1, 0.15) is 0 Å². The molecule has 0 atom stereocenters. The van der Waals surface area contributed by atoms with Crippen molar-refractivity contribution < 1.29 is 0 Å². The van der Waals surface area contributed by atoms with E-state index in [0.717, 1.165) is 4.91 Å². The van der Waals surface area contributed by atoms with E-state index in [2.05, 4.69) is 30.3 Å². The minimum Gasteiger partial charge on any atom is -0.129 e. The van der Waals surface area contributed by atoms with Gasteiger partial charge >= 0.3 is 0 Å². The van der Waals surface area contributed by atoms with Crippen LogP contribution in [-0.2, 0) is 0 Å². The van der Waals surface area contributed by atoms with Crippen molar-refractivity contribution in [2.75, 3.05) is 6.26 Å². The van der Waals surface area contributed by atoms with Crippen molar-refractivity contribution in [3.63, 3.8) is 0 Å². The van der Waals surface area contributed by atoms with Gasteiger partial charge in [0.2, 0.25) is 0 Å². The summed E-state index contributed by atoms with van der Waals surface area (Å²) in [7, 11) is 0. The molecule has 0 bridgehead atoms. The molecule has 0 radical (unpaired) electrons. The largest absolute Gasteiger partial charge is 0.129 e. The van der Waals surface area contributed by atoms with E-state index in [4.69, 9.17) is 0 Å². The van der Waals surface area contributed by atoms with E-state index in [1.807, 2.05) is 36.6 Å². The Bertz CT molecular complexity index is 387. The van der Waals surface area contributed by atoms with E-state index < -0.39 is 0 Å². The Kier molecular flexibility index (Phi) is 9.41. The van der Waals surface area contributed by atoms with E-state index in [0.29, 0.717) is 0 Å². The van der Waals surface area contributed by atoms with Crippen LogP contribution in [0.3, 0.4) is 0 Å². The Hall–Kier alpha value is -1.57.